The molecule has 0 fully saturated rings. The number of non-ortho nitro benzene ring substituents is 1. The standard InChI is InChI=1S/C19H11Cl2F3N2O3S/c1-9-4-11(30-25-17-8-15(23)14(22)7-16(17)24)6-13(21)19(9)29-18-3-2-10(26(27)28)5-12(18)20/h2-8,25H,1H3. The van der Waals surface area contributed by atoms with E-state index in [0.717, 1.165) is 18.0 Å². The summed E-state index contributed by atoms with van der Waals surface area (Å²) in [5.41, 5.74) is 0.176. The van der Waals surface area contributed by atoms with E-state index in [2.05, 4.69) is 4.72 Å². The molecule has 0 aliphatic carbocycles. The van der Waals surface area contributed by atoms with Gasteiger partial charge in [0.25, 0.3) is 5.69 Å². The molecule has 0 saturated heterocycles. The van der Waals surface area contributed by atoms with Gasteiger partial charge in [-0.1, -0.05) is 23.2 Å². The number of nitro benzene ring substituents is 1. The fraction of sp³-hybridized carbons (Fsp3) is 0.0526. The van der Waals surface area contributed by atoms with Crippen molar-refractivity contribution in [1.29, 1.82) is 0 Å². The van der Waals surface area contributed by atoms with E-state index in [1.807, 2.05) is 0 Å². The Kier molecular flexibility index (Phi) is 6.64. The number of halogens is 5. The van der Waals surface area contributed by atoms with E-state index in [1.54, 1.807) is 13.0 Å². The highest BCUT2D eigenvalue weighted by atomic mass is 35.5. The van der Waals surface area contributed by atoms with Crippen LogP contribution >= 0.6 is 35.1 Å². The first kappa shape index (κ1) is 22.1. The van der Waals surface area contributed by atoms with Crippen molar-refractivity contribution in [2.45, 2.75) is 11.8 Å². The highest BCUT2D eigenvalue weighted by Crippen LogP contribution is 2.39. The van der Waals surface area contributed by atoms with Crippen molar-refractivity contribution in [3.8, 4) is 11.5 Å². The molecule has 0 saturated carbocycles. The van der Waals surface area contributed by atoms with Gasteiger partial charge in [-0.2, -0.15) is 0 Å². The highest BCUT2D eigenvalue weighted by molar-refractivity contribution is 8.00. The molecular formula is C19H11Cl2F3N2O3S. The Balaban J connectivity index is 1.79. The molecule has 5 nitrogen and oxygen atoms in total. The van der Waals surface area contributed by atoms with Gasteiger partial charge >= 0.3 is 0 Å². The summed E-state index contributed by atoms with van der Waals surface area (Å²) in [6, 6.07) is 8.09. The lowest BCUT2D eigenvalue weighted by atomic mass is 10.2. The number of aryl methyl sites for hydroxylation is 1. The Morgan fingerprint density at radius 1 is 1.00 bits per heavy atom. The second kappa shape index (κ2) is 9.03. The summed E-state index contributed by atoms with van der Waals surface area (Å²) in [4.78, 5) is 10.8. The average molecular weight is 475 g/mol. The first-order valence-corrected chi connectivity index (χ1v) is 9.72. The van der Waals surface area contributed by atoms with Crippen LogP contribution in [0.5, 0.6) is 11.5 Å². The molecule has 0 heterocycles. The molecule has 0 unspecified atom stereocenters. The molecule has 0 aliphatic heterocycles. The third kappa shape index (κ3) is 4.92. The lowest BCUT2D eigenvalue weighted by molar-refractivity contribution is -0.384. The molecule has 0 aromatic heterocycles. The topological polar surface area (TPSA) is 64.4 Å². The van der Waals surface area contributed by atoms with Gasteiger partial charge in [0, 0.05) is 29.2 Å². The van der Waals surface area contributed by atoms with Gasteiger partial charge in [-0.3, -0.25) is 10.1 Å². The van der Waals surface area contributed by atoms with Crippen LogP contribution in [0.4, 0.5) is 24.5 Å². The van der Waals surface area contributed by atoms with E-state index in [1.165, 1.54) is 18.2 Å². The summed E-state index contributed by atoms with van der Waals surface area (Å²) in [5, 5.41) is 11.0. The van der Waals surface area contributed by atoms with Crippen LogP contribution in [0.3, 0.4) is 0 Å². The number of nitrogens with one attached hydrogen (secondary N) is 1. The lowest BCUT2D eigenvalue weighted by Gasteiger charge is -2.14. The van der Waals surface area contributed by atoms with E-state index >= 15 is 0 Å². The summed E-state index contributed by atoms with van der Waals surface area (Å²) in [7, 11) is 0. The summed E-state index contributed by atoms with van der Waals surface area (Å²) >= 11 is 13.2. The fourth-order valence-corrected chi connectivity index (χ4v) is 3.78. The van der Waals surface area contributed by atoms with Crippen LogP contribution in [-0.4, -0.2) is 4.92 Å². The van der Waals surface area contributed by atoms with Crippen LogP contribution in [0.25, 0.3) is 0 Å². The zero-order valence-corrected chi connectivity index (χ0v) is 17.3. The highest BCUT2D eigenvalue weighted by Gasteiger charge is 2.15. The number of hydrogen-bond acceptors (Lipinski definition) is 5. The van der Waals surface area contributed by atoms with Gasteiger partial charge in [0.15, 0.2) is 11.6 Å². The predicted octanol–water partition coefficient (Wildman–Crippen LogP) is 7.54. The smallest absolute Gasteiger partial charge is 0.271 e. The van der Waals surface area contributed by atoms with Gasteiger partial charge in [0.1, 0.15) is 17.3 Å². The number of hydrogen-bond donors (Lipinski definition) is 1. The molecule has 3 rings (SSSR count). The third-order valence-corrected chi connectivity index (χ3v) is 5.20. The molecule has 156 valence electrons. The molecule has 11 heteroatoms. The number of nitrogens with zero attached hydrogens (tertiary/aromatic N) is 1. The minimum absolute atomic E-state index is 0.0357. The monoisotopic (exact) mass is 474 g/mol. The van der Waals surface area contributed by atoms with Crippen molar-refractivity contribution in [3.63, 3.8) is 0 Å². The van der Waals surface area contributed by atoms with E-state index in [-0.39, 0.29) is 32.9 Å². The van der Waals surface area contributed by atoms with Gasteiger partial charge in [0.2, 0.25) is 0 Å². The first-order chi connectivity index (χ1) is 14.2. The number of benzene rings is 3. The van der Waals surface area contributed by atoms with Crippen molar-refractivity contribution >= 4 is 46.5 Å². The Morgan fingerprint density at radius 3 is 2.33 bits per heavy atom. The molecule has 30 heavy (non-hydrogen) atoms. The molecule has 0 amide bonds. The summed E-state index contributed by atoms with van der Waals surface area (Å²) in [6.07, 6.45) is 0. The third-order valence-electron chi connectivity index (χ3n) is 3.83. The van der Waals surface area contributed by atoms with Crippen molar-refractivity contribution < 1.29 is 22.8 Å². The minimum atomic E-state index is -1.28. The molecular weight excluding hydrogens is 464 g/mol. The van der Waals surface area contributed by atoms with Crippen LogP contribution in [0.2, 0.25) is 10.0 Å². The zero-order valence-electron chi connectivity index (χ0n) is 15.0. The number of anilines is 1. The van der Waals surface area contributed by atoms with Crippen molar-refractivity contribution in [1.82, 2.24) is 0 Å². The quantitative estimate of drug-likeness (QED) is 0.173. The Morgan fingerprint density at radius 2 is 1.70 bits per heavy atom. The van der Waals surface area contributed by atoms with Crippen LogP contribution < -0.4 is 9.46 Å². The van der Waals surface area contributed by atoms with Crippen LogP contribution in [-0.2, 0) is 0 Å². The molecule has 0 bridgehead atoms. The van der Waals surface area contributed by atoms with Gasteiger partial charge in [-0.25, -0.2) is 13.2 Å². The van der Waals surface area contributed by atoms with E-state index in [4.69, 9.17) is 27.9 Å². The van der Waals surface area contributed by atoms with Crippen molar-refractivity contribution in [2.75, 3.05) is 4.72 Å². The maximum Gasteiger partial charge on any atom is 0.271 e. The number of rotatable bonds is 6. The molecule has 0 atom stereocenters. The first-order valence-electron chi connectivity index (χ1n) is 8.15. The minimum Gasteiger partial charge on any atom is -0.454 e. The van der Waals surface area contributed by atoms with Crippen molar-refractivity contribution in [2.24, 2.45) is 0 Å². The maximum absolute atomic E-state index is 13.7. The molecule has 3 aromatic rings. The average Bonchev–Trinajstić information content (AvgIpc) is 2.67. The Bertz CT molecular complexity index is 1130. The largest absolute Gasteiger partial charge is 0.454 e. The molecule has 0 radical (unpaired) electrons. The van der Waals surface area contributed by atoms with E-state index < -0.39 is 22.4 Å². The van der Waals surface area contributed by atoms with E-state index in [9.17, 15) is 23.3 Å². The molecule has 0 spiro atoms. The van der Waals surface area contributed by atoms with Crippen LogP contribution in [0.15, 0.2) is 47.4 Å². The normalized spacial score (nSPS) is 10.7. The Labute approximate surface area is 183 Å². The fourth-order valence-electron chi connectivity index (χ4n) is 2.40. The predicted molar refractivity (Wildman–Crippen MR) is 110 cm³/mol. The second-order valence-corrected chi connectivity index (χ2v) is 7.67. The summed E-state index contributed by atoms with van der Waals surface area (Å²) in [5.74, 6) is -2.96. The van der Waals surface area contributed by atoms with Crippen molar-refractivity contribution in [3.05, 3.63) is 85.6 Å². The van der Waals surface area contributed by atoms with Gasteiger partial charge in [-0.15, -0.1) is 0 Å². The SMILES string of the molecule is Cc1cc(SNc2cc(F)c(F)cc2F)cc(Cl)c1Oc1ccc([N+](=O)[O-])cc1Cl. The lowest BCUT2D eigenvalue weighted by Crippen LogP contribution is -1.96. The molecule has 1 N–H and O–H groups in total. The summed E-state index contributed by atoms with van der Waals surface area (Å²) < 4.78 is 48.3. The van der Waals surface area contributed by atoms with E-state index in [0.29, 0.717) is 22.6 Å². The summed E-state index contributed by atoms with van der Waals surface area (Å²) in [6.45, 7) is 1.70. The second-order valence-electron chi connectivity index (χ2n) is 5.98. The van der Waals surface area contributed by atoms with Gasteiger partial charge in [0.05, 0.1) is 20.7 Å². The zero-order chi connectivity index (χ0) is 22.0. The van der Waals surface area contributed by atoms with Gasteiger partial charge < -0.3 is 9.46 Å². The molecule has 3 aromatic carbocycles. The molecule has 0 aliphatic rings. The van der Waals surface area contributed by atoms with Gasteiger partial charge in [-0.05, 0) is 42.6 Å². The number of ether oxygens (including phenoxy) is 1. The number of nitro groups is 1. The maximum atomic E-state index is 13.7. The Hall–Kier alpha value is -2.62. The van der Waals surface area contributed by atoms with Crippen LogP contribution in [0.1, 0.15) is 5.56 Å². The van der Waals surface area contributed by atoms with Crippen LogP contribution in [0, 0.1) is 34.5 Å².